The van der Waals surface area contributed by atoms with E-state index in [-0.39, 0.29) is 44.8 Å². The zero-order valence-electron chi connectivity index (χ0n) is 26.1. The molecule has 4 nitrogen and oxygen atoms in total. The smallest absolute Gasteiger partial charge is 0.366 e. The monoisotopic (exact) mass is 974 g/mol. The van der Waals surface area contributed by atoms with E-state index in [0.717, 1.165) is 36.1 Å². The molecule has 0 amide bonds. The maximum atomic E-state index is 7.23. The van der Waals surface area contributed by atoms with Crippen LogP contribution < -0.4 is 0 Å². The summed E-state index contributed by atoms with van der Waals surface area (Å²) in [4.78, 5) is 8.30. The van der Waals surface area contributed by atoms with Crippen LogP contribution >= 0.6 is 0 Å². The van der Waals surface area contributed by atoms with Crippen molar-refractivity contribution in [1.82, 2.24) is 19.1 Å². The van der Waals surface area contributed by atoms with Crippen LogP contribution in [0.3, 0.4) is 0 Å². The molecule has 238 valence electrons. The average Bonchev–Trinajstić information content (AvgIpc) is 3.56. The van der Waals surface area contributed by atoms with Crippen molar-refractivity contribution in [3.05, 3.63) is 162 Å². The average molecular weight is 975 g/mol. The molecule has 0 radical (unpaired) electrons. The molecule has 7 aromatic rings. The van der Waals surface area contributed by atoms with Crippen molar-refractivity contribution in [2.45, 2.75) is 19.3 Å². The molecule has 3 aromatic carbocycles. The Hall–Kier alpha value is -4.36. The maximum absolute atomic E-state index is 7.23. The third-order valence-corrected chi connectivity index (χ3v) is 8.27. The summed E-state index contributed by atoms with van der Waals surface area (Å²) in [6.07, 6.45) is 24.8. The molecular formula is C41H32Au2N4. The van der Waals surface area contributed by atoms with E-state index in [1.54, 1.807) is 6.20 Å². The van der Waals surface area contributed by atoms with E-state index in [4.69, 9.17) is 12.8 Å². The Morgan fingerprint density at radius 3 is 2.06 bits per heavy atom. The summed E-state index contributed by atoms with van der Waals surface area (Å²) in [5.74, 6) is 4.95. The summed E-state index contributed by atoms with van der Waals surface area (Å²) in [6, 6.07) is 32.7. The molecule has 0 bridgehead atoms. The molecule has 0 unspecified atom stereocenters. The van der Waals surface area contributed by atoms with E-state index in [1.807, 2.05) is 67.0 Å². The first-order chi connectivity index (χ1) is 22.1. The molecule has 1 aliphatic rings. The summed E-state index contributed by atoms with van der Waals surface area (Å²) >= 11 is 0. The summed E-state index contributed by atoms with van der Waals surface area (Å²) < 4.78 is 4.44. The molecular weight excluding hydrogens is 942 g/mol. The molecule has 4 heterocycles. The van der Waals surface area contributed by atoms with Crippen LogP contribution in [-0.4, -0.2) is 19.1 Å². The normalized spacial score (nSPS) is 11.3. The van der Waals surface area contributed by atoms with E-state index in [2.05, 4.69) is 93.6 Å². The van der Waals surface area contributed by atoms with Gasteiger partial charge in [0.2, 0.25) is 0 Å². The number of aryl methyl sites for hydroxylation is 2. The molecule has 0 saturated carbocycles. The van der Waals surface area contributed by atoms with Crippen molar-refractivity contribution in [1.29, 1.82) is 0 Å². The minimum Gasteiger partial charge on any atom is -0.366 e. The standard InChI is InChI=1S/C15H12N.C15H10N.C11H10N2.2Au/c2*1-3-11-8-9-15-13(10-11)12-6-4-5-7-14(12)16(15)2;1-2-7-13-11(5-1)8-10-4-3-6-12-9-10;;/h4-7,10H,8-9H2,2H3;4-10H,2H3;1-7,9H,8H2;;/q2*-1;;2*+1. The number of aromatic nitrogens is 4. The predicted molar refractivity (Wildman–Crippen MR) is 184 cm³/mol. The summed E-state index contributed by atoms with van der Waals surface area (Å²) in [5, 5.41) is 3.71. The molecule has 0 fully saturated rings. The van der Waals surface area contributed by atoms with Gasteiger partial charge in [-0.15, -0.1) is 29.3 Å². The van der Waals surface area contributed by atoms with Crippen LogP contribution in [0, 0.1) is 24.7 Å². The van der Waals surface area contributed by atoms with Crippen LogP contribution in [0.4, 0.5) is 0 Å². The van der Waals surface area contributed by atoms with Crippen molar-refractivity contribution >= 4 is 38.8 Å². The Morgan fingerprint density at radius 2 is 1.38 bits per heavy atom. The van der Waals surface area contributed by atoms with Gasteiger partial charge in [0.1, 0.15) is 0 Å². The van der Waals surface area contributed by atoms with Gasteiger partial charge in [0.25, 0.3) is 0 Å². The molecule has 0 spiro atoms. The van der Waals surface area contributed by atoms with Crippen LogP contribution in [0.1, 0.15) is 34.5 Å². The molecule has 0 atom stereocenters. The van der Waals surface area contributed by atoms with Gasteiger partial charge < -0.3 is 22.0 Å². The van der Waals surface area contributed by atoms with Crippen LogP contribution in [0.25, 0.3) is 38.8 Å². The second kappa shape index (κ2) is 16.5. The van der Waals surface area contributed by atoms with Gasteiger partial charge >= 0.3 is 44.8 Å². The quantitative estimate of drug-likeness (QED) is 0.0992. The molecule has 0 aliphatic heterocycles. The molecule has 1 aliphatic carbocycles. The van der Waals surface area contributed by atoms with Gasteiger partial charge in [0.05, 0.1) is 0 Å². The van der Waals surface area contributed by atoms with Crippen molar-refractivity contribution in [3.8, 4) is 11.8 Å². The van der Waals surface area contributed by atoms with Crippen LogP contribution in [0.5, 0.6) is 0 Å². The van der Waals surface area contributed by atoms with Crippen molar-refractivity contribution in [3.63, 3.8) is 0 Å². The number of rotatable bonds is 2. The first kappa shape index (κ1) is 35.5. The maximum Gasteiger partial charge on any atom is 1.00 e. The molecule has 0 saturated heterocycles. The minimum atomic E-state index is 0. The van der Waals surface area contributed by atoms with Gasteiger partial charge in [0.15, 0.2) is 0 Å². The van der Waals surface area contributed by atoms with Gasteiger partial charge in [-0.1, -0.05) is 61.0 Å². The van der Waals surface area contributed by atoms with E-state index in [0.29, 0.717) is 0 Å². The van der Waals surface area contributed by atoms with Crippen LogP contribution in [0.15, 0.2) is 121 Å². The number of benzene rings is 3. The minimum absolute atomic E-state index is 0. The largest absolute Gasteiger partial charge is 1.00 e. The summed E-state index contributed by atoms with van der Waals surface area (Å²) in [5.41, 5.74) is 10.4. The van der Waals surface area contributed by atoms with E-state index >= 15 is 0 Å². The fourth-order valence-corrected chi connectivity index (χ4v) is 6.00. The molecule has 6 heteroatoms. The van der Waals surface area contributed by atoms with Crippen LogP contribution in [-0.2, 0) is 71.7 Å². The fraction of sp³-hybridized carbons (Fsp3) is 0.122. The zero-order valence-corrected chi connectivity index (χ0v) is 30.4. The van der Waals surface area contributed by atoms with Crippen molar-refractivity contribution in [2.24, 2.45) is 14.1 Å². The SMILES string of the molecule is [Au+].[Au+].[C-]#CC1=Cc2c(n(C)c3ccccc23)CC1.[C-]#Cc1ccc2c(c1)c1ccccc1n2C.c1ccc(Cc2cccnc2)nc1. The van der Waals surface area contributed by atoms with Gasteiger partial charge in [-0.2, -0.15) is 0 Å². The molecule has 4 aromatic heterocycles. The number of allylic oxidation sites excluding steroid dienone is 1. The zero-order chi connectivity index (χ0) is 31.2. The summed E-state index contributed by atoms with van der Waals surface area (Å²) in [6.45, 7) is 0. The van der Waals surface area contributed by atoms with Gasteiger partial charge in [0, 0.05) is 77.8 Å². The van der Waals surface area contributed by atoms with Gasteiger partial charge in [-0.3, -0.25) is 21.8 Å². The third kappa shape index (κ3) is 7.79. The predicted octanol–water partition coefficient (Wildman–Crippen LogP) is 8.43. The van der Waals surface area contributed by atoms with Crippen LogP contribution in [0.2, 0.25) is 0 Å². The molecule has 47 heavy (non-hydrogen) atoms. The number of nitrogens with zero attached hydrogens (tertiary/aromatic N) is 4. The van der Waals surface area contributed by atoms with Crippen molar-refractivity contribution < 1.29 is 44.8 Å². The van der Waals surface area contributed by atoms with E-state index in [1.165, 1.54) is 49.5 Å². The Kier molecular flexibility index (Phi) is 12.4. The number of para-hydroxylation sites is 2. The number of hydrogen-bond acceptors (Lipinski definition) is 2. The topological polar surface area (TPSA) is 35.6 Å². The fourth-order valence-electron chi connectivity index (χ4n) is 6.00. The first-order valence-electron chi connectivity index (χ1n) is 15.0. The Morgan fingerprint density at radius 1 is 0.681 bits per heavy atom. The Bertz CT molecular complexity index is 2190. The Balaban J connectivity index is 0.000000157. The summed E-state index contributed by atoms with van der Waals surface area (Å²) in [7, 11) is 4.19. The Labute approximate surface area is 308 Å². The number of hydrogen-bond donors (Lipinski definition) is 0. The first-order valence-corrected chi connectivity index (χ1v) is 15.0. The van der Waals surface area contributed by atoms with Gasteiger partial charge in [-0.25, -0.2) is 0 Å². The second-order valence-electron chi connectivity index (χ2n) is 11.0. The van der Waals surface area contributed by atoms with E-state index < -0.39 is 0 Å². The van der Waals surface area contributed by atoms with Gasteiger partial charge in [-0.05, 0) is 53.3 Å². The number of pyridine rings is 2. The van der Waals surface area contributed by atoms with E-state index in [9.17, 15) is 0 Å². The van der Waals surface area contributed by atoms with Crippen molar-refractivity contribution in [2.75, 3.05) is 0 Å². The molecule has 8 rings (SSSR count). The molecule has 0 N–H and O–H groups in total. The third-order valence-electron chi connectivity index (χ3n) is 8.27. The number of fused-ring (bicyclic) bond motifs is 6. The second-order valence-corrected chi connectivity index (χ2v) is 11.0.